The maximum Gasteiger partial charge on any atom is 0.410 e. The summed E-state index contributed by atoms with van der Waals surface area (Å²) in [5, 5.41) is 6.92. The van der Waals surface area contributed by atoms with E-state index in [4.69, 9.17) is 9.73 Å². The van der Waals surface area contributed by atoms with Gasteiger partial charge < -0.3 is 20.3 Å². The second kappa shape index (κ2) is 12.0. The van der Waals surface area contributed by atoms with E-state index in [1.807, 2.05) is 25.7 Å². The number of piperidine rings is 1. The summed E-state index contributed by atoms with van der Waals surface area (Å²) in [5.41, 5.74) is -0.430. The van der Waals surface area contributed by atoms with Crippen molar-refractivity contribution >= 4 is 36.0 Å². The van der Waals surface area contributed by atoms with Crippen LogP contribution < -0.4 is 10.6 Å². The summed E-state index contributed by atoms with van der Waals surface area (Å²) in [6.45, 7) is 11.1. The first-order chi connectivity index (χ1) is 12.4. The molecular formula is C20H39IN4O2. The number of likely N-dealkylation sites (tertiary alicyclic amines) is 1. The standard InChI is InChI=1S/C20H38N4O2.HI/c1-5-21-18(23-17-10-6-7-11-17)22-13-12-16-9-8-14-24(15-16)19(25)26-20(2,3)4;/h16-17H,5-15H2,1-4H3,(H2,21,22,23);1H. The number of amides is 1. The van der Waals surface area contributed by atoms with Crippen LogP contribution in [-0.2, 0) is 4.74 Å². The summed E-state index contributed by atoms with van der Waals surface area (Å²) in [6, 6.07) is 0.574. The Bertz CT molecular complexity index is 473. The predicted octanol–water partition coefficient (Wildman–Crippen LogP) is 4.14. The molecule has 1 aliphatic carbocycles. The van der Waals surface area contributed by atoms with Crippen LogP contribution in [0.3, 0.4) is 0 Å². The van der Waals surface area contributed by atoms with E-state index in [9.17, 15) is 4.79 Å². The highest BCUT2D eigenvalue weighted by atomic mass is 127. The van der Waals surface area contributed by atoms with Gasteiger partial charge in [0, 0.05) is 32.2 Å². The SMILES string of the molecule is CCNC(=NCCC1CCCN(C(=O)OC(C)(C)C)C1)NC1CCCC1.I. The van der Waals surface area contributed by atoms with Crippen molar-refractivity contribution in [2.45, 2.75) is 84.3 Å². The number of ether oxygens (including phenoxy) is 1. The molecule has 7 heteroatoms. The molecule has 0 bridgehead atoms. The Hall–Kier alpha value is -0.730. The quantitative estimate of drug-likeness (QED) is 0.343. The first-order valence-corrected chi connectivity index (χ1v) is 10.4. The molecule has 2 fully saturated rings. The fourth-order valence-corrected chi connectivity index (χ4v) is 3.74. The average Bonchev–Trinajstić information content (AvgIpc) is 3.07. The van der Waals surface area contributed by atoms with Gasteiger partial charge in [-0.1, -0.05) is 12.8 Å². The van der Waals surface area contributed by atoms with E-state index < -0.39 is 5.60 Å². The van der Waals surface area contributed by atoms with Gasteiger partial charge in [0.15, 0.2) is 5.96 Å². The number of rotatable bonds is 5. The lowest BCUT2D eigenvalue weighted by Crippen LogP contribution is -2.43. The number of hydrogen-bond donors (Lipinski definition) is 2. The van der Waals surface area contributed by atoms with Crippen molar-refractivity contribution in [1.82, 2.24) is 15.5 Å². The fraction of sp³-hybridized carbons (Fsp3) is 0.900. The van der Waals surface area contributed by atoms with Gasteiger partial charge in [-0.15, -0.1) is 24.0 Å². The number of hydrogen-bond acceptors (Lipinski definition) is 3. The zero-order valence-corrected chi connectivity index (χ0v) is 19.9. The van der Waals surface area contributed by atoms with Gasteiger partial charge in [-0.05, 0) is 65.7 Å². The van der Waals surface area contributed by atoms with Gasteiger partial charge in [0.2, 0.25) is 0 Å². The molecule has 1 atom stereocenters. The van der Waals surface area contributed by atoms with E-state index in [1.165, 1.54) is 32.1 Å². The van der Waals surface area contributed by atoms with Crippen molar-refractivity contribution in [2.75, 3.05) is 26.2 Å². The van der Waals surface area contributed by atoms with Crippen LogP contribution in [0.25, 0.3) is 0 Å². The Labute approximate surface area is 182 Å². The molecule has 1 unspecified atom stereocenters. The maximum atomic E-state index is 12.3. The normalized spacial score (nSPS) is 21.6. The third-order valence-electron chi connectivity index (χ3n) is 5.02. The number of carbonyl (C=O) groups is 1. The lowest BCUT2D eigenvalue weighted by Gasteiger charge is -2.34. The van der Waals surface area contributed by atoms with Gasteiger partial charge in [0.1, 0.15) is 5.60 Å². The van der Waals surface area contributed by atoms with E-state index in [2.05, 4.69) is 17.6 Å². The summed E-state index contributed by atoms with van der Waals surface area (Å²) in [6.07, 6.45) is 8.19. The van der Waals surface area contributed by atoms with Gasteiger partial charge >= 0.3 is 6.09 Å². The van der Waals surface area contributed by atoms with Gasteiger partial charge in [0.25, 0.3) is 0 Å². The van der Waals surface area contributed by atoms with Gasteiger partial charge in [-0.3, -0.25) is 4.99 Å². The van der Waals surface area contributed by atoms with Crippen LogP contribution in [-0.4, -0.2) is 54.8 Å². The van der Waals surface area contributed by atoms with Crippen LogP contribution in [0.15, 0.2) is 4.99 Å². The summed E-state index contributed by atoms with van der Waals surface area (Å²) in [7, 11) is 0. The highest BCUT2D eigenvalue weighted by Crippen LogP contribution is 2.22. The maximum absolute atomic E-state index is 12.3. The summed E-state index contributed by atoms with van der Waals surface area (Å²) < 4.78 is 5.51. The van der Waals surface area contributed by atoms with Gasteiger partial charge in [0.05, 0.1) is 0 Å². The molecule has 1 heterocycles. The Morgan fingerprint density at radius 1 is 1.19 bits per heavy atom. The van der Waals surface area contributed by atoms with Crippen molar-refractivity contribution in [2.24, 2.45) is 10.9 Å². The van der Waals surface area contributed by atoms with Crippen molar-refractivity contribution < 1.29 is 9.53 Å². The molecule has 0 aromatic rings. The molecule has 0 aromatic carbocycles. The first kappa shape index (κ1) is 24.3. The second-order valence-electron chi connectivity index (χ2n) is 8.61. The molecule has 1 saturated heterocycles. The van der Waals surface area contributed by atoms with Gasteiger partial charge in [-0.2, -0.15) is 0 Å². The molecule has 1 aliphatic heterocycles. The second-order valence-corrected chi connectivity index (χ2v) is 8.61. The number of halogens is 1. The summed E-state index contributed by atoms with van der Waals surface area (Å²) in [4.78, 5) is 18.9. The monoisotopic (exact) mass is 494 g/mol. The minimum Gasteiger partial charge on any atom is -0.444 e. The first-order valence-electron chi connectivity index (χ1n) is 10.4. The molecule has 2 aliphatic rings. The molecule has 6 nitrogen and oxygen atoms in total. The molecule has 158 valence electrons. The largest absolute Gasteiger partial charge is 0.444 e. The Morgan fingerprint density at radius 3 is 2.52 bits per heavy atom. The van der Waals surface area contributed by atoms with Crippen LogP contribution in [0.2, 0.25) is 0 Å². The third-order valence-corrected chi connectivity index (χ3v) is 5.02. The van der Waals surface area contributed by atoms with E-state index in [0.29, 0.717) is 12.0 Å². The van der Waals surface area contributed by atoms with Crippen LogP contribution in [0.4, 0.5) is 4.79 Å². The van der Waals surface area contributed by atoms with Crippen molar-refractivity contribution in [1.29, 1.82) is 0 Å². The number of carbonyl (C=O) groups excluding carboxylic acids is 1. The lowest BCUT2D eigenvalue weighted by atomic mass is 9.95. The van der Waals surface area contributed by atoms with E-state index in [-0.39, 0.29) is 30.1 Å². The van der Waals surface area contributed by atoms with Crippen molar-refractivity contribution in [3.05, 3.63) is 0 Å². The topological polar surface area (TPSA) is 66.0 Å². The smallest absolute Gasteiger partial charge is 0.410 e. The molecule has 1 amide bonds. The molecular weight excluding hydrogens is 455 g/mol. The van der Waals surface area contributed by atoms with Crippen LogP contribution in [0.1, 0.15) is 72.6 Å². The molecule has 1 saturated carbocycles. The third kappa shape index (κ3) is 9.34. The van der Waals surface area contributed by atoms with E-state index >= 15 is 0 Å². The zero-order valence-electron chi connectivity index (χ0n) is 17.6. The predicted molar refractivity (Wildman–Crippen MR) is 122 cm³/mol. The number of guanidine groups is 1. The molecule has 0 radical (unpaired) electrons. The van der Waals surface area contributed by atoms with Crippen molar-refractivity contribution in [3.63, 3.8) is 0 Å². The lowest BCUT2D eigenvalue weighted by molar-refractivity contribution is 0.0163. The zero-order chi connectivity index (χ0) is 19.0. The molecule has 2 rings (SSSR count). The fourth-order valence-electron chi connectivity index (χ4n) is 3.74. The number of aliphatic imine (C=N–C) groups is 1. The van der Waals surface area contributed by atoms with E-state index in [1.54, 1.807) is 0 Å². The number of nitrogens with zero attached hydrogens (tertiary/aromatic N) is 2. The average molecular weight is 494 g/mol. The van der Waals surface area contributed by atoms with Gasteiger partial charge in [-0.25, -0.2) is 4.79 Å². The Morgan fingerprint density at radius 2 is 1.89 bits per heavy atom. The minimum atomic E-state index is -0.430. The molecule has 27 heavy (non-hydrogen) atoms. The summed E-state index contributed by atoms with van der Waals surface area (Å²) >= 11 is 0. The molecule has 0 spiro atoms. The minimum absolute atomic E-state index is 0. The van der Waals surface area contributed by atoms with Crippen molar-refractivity contribution in [3.8, 4) is 0 Å². The number of nitrogens with one attached hydrogen (secondary N) is 2. The molecule has 0 aromatic heterocycles. The Balaban J connectivity index is 0.00000364. The van der Waals surface area contributed by atoms with Crippen LogP contribution in [0, 0.1) is 5.92 Å². The highest BCUT2D eigenvalue weighted by Gasteiger charge is 2.27. The highest BCUT2D eigenvalue weighted by molar-refractivity contribution is 14.0. The van der Waals surface area contributed by atoms with E-state index in [0.717, 1.165) is 45.0 Å². The molecule has 2 N–H and O–H groups in total. The Kier molecular flexibility index (Phi) is 10.8. The summed E-state index contributed by atoms with van der Waals surface area (Å²) in [5.74, 6) is 1.45. The van der Waals surface area contributed by atoms with Crippen LogP contribution in [0.5, 0.6) is 0 Å². The van der Waals surface area contributed by atoms with Crippen LogP contribution >= 0.6 is 24.0 Å².